The summed E-state index contributed by atoms with van der Waals surface area (Å²) in [5.41, 5.74) is 3.92. The van der Waals surface area contributed by atoms with E-state index in [9.17, 15) is 5.11 Å². The van der Waals surface area contributed by atoms with Gasteiger partial charge in [-0.3, -0.25) is 4.90 Å². The molecule has 0 radical (unpaired) electrons. The van der Waals surface area contributed by atoms with Crippen molar-refractivity contribution < 1.29 is 14.7 Å². The van der Waals surface area contributed by atoms with Gasteiger partial charge < -0.3 is 14.7 Å². The monoisotopic (exact) mass is 336 g/mol. The molecular formula is C20H20N2O3. The highest BCUT2D eigenvalue weighted by atomic mass is 16.7. The molecule has 2 heterocycles. The summed E-state index contributed by atoms with van der Waals surface area (Å²) in [7, 11) is 3.55. The van der Waals surface area contributed by atoms with E-state index in [0.29, 0.717) is 5.75 Å². The summed E-state index contributed by atoms with van der Waals surface area (Å²) in [6.07, 6.45) is 1.63. The SMILES string of the molecule is C=C[C@@H]1c2cc(OC)c(O)cc2[C@H]2C(c3ccccc3)=NO[C@H]2N1C. The summed E-state index contributed by atoms with van der Waals surface area (Å²) < 4.78 is 5.30. The Bertz CT molecular complexity index is 848. The molecule has 0 amide bonds. The van der Waals surface area contributed by atoms with Gasteiger partial charge in [-0.2, -0.15) is 0 Å². The molecule has 0 spiro atoms. The molecule has 3 atom stereocenters. The third-order valence-corrected chi connectivity index (χ3v) is 5.01. The first-order valence-electron chi connectivity index (χ1n) is 8.20. The van der Waals surface area contributed by atoms with E-state index >= 15 is 0 Å². The van der Waals surface area contributed by atoms with Gasteiger partial charge in [0.2, 0.25) is 0 Å². The van der Waals surface area contributed by atoms with Crippen molar-refractivity contribution in [3.8, 4) is 11.5 Å². The number of oxime groups is 1. The summed E-state index contributed by atoms with van der Waals surface area (Å²) >= 11 is 0. The van der Waals surface area contributed by atoms with Gasteiger partial charge in [0.1, 0.15) is 0 Å². The predicted molar refractivity (Wildman–Crippen MR) is 96.0 cm³/mol. The number of benzene rings is 2. The highest BCUT2D eigenvalue weighted by Crippen LogP contribution is 2.47. The summed E-state index contributed by atoms with van der Waals surface area (Å²) in [5.74, 6) is 0.483. The van der Waals surface area contributed by atoms with Crippen LogP contribution in [-0.2, 0) is 4.84 Å². The molecule has 0 saturated carbocycles. The van der Waals surface area contributed by atoms with E-state index in [-0.39, 0.29) is 23.9 Å². The molecule has 25 heavy (non-hydrogen) atoms. The first-order chi connectivity index (χ1) is 12.2. The number of methoxy groups -OCH3 is 1. The van der Waals surface area contributed by atoms with Crippen LogP contribution in [0.5, 0.6) is 11.5 Å². The number of aromatic hydroxyl groups is 1. The zero-order chi connectivity index (χ0) is 17.6. The number of hydrogen-bond acceptors (Lipinski definition) is 5. The molecule has 128 valence electrons. The molecule has 0 aliphatic carbocycles. The van der Waals surface area contributed by atoms with E-state index in [1.807, 2.05) is 49.5 Å². The number of fused-ring (bicyclic) bond motifs is 3. The Morgan fingerprint density at radius 1 is 1.24 bits per heavy atom. The van der Waals surface area contributed by atoms with Gasteiger partial charge in [0.25, 0.3) is 0 Å². The largest absolute Gasteiger partial charge is 0.504 e. The van der Waals surface area contributed by atoms with Crippen LogP contribution in [0.2, 0.25) is 0 Å². The Labute approximate surface area is 146 Å². The minimum atomic E-state index is -0.237. The van der Waals surface area contributed by atoms with Crippen LogP contribution in [0.25, 0.3) is 0 Å². The number of hydrogen-bond donors (Lipinski definition) is 1. The van der Waals surface area contributed by atoms with E-state index in [1.165, 1.54) is 0 Å². The first-order valence-corrected chi connectivity index (χ1v) is 8.20. The van der Waals surface area contributed by atoms with Crippen LogP contribution in [0.4, 0.5) is 0 Å². The van der Waals surface area contributed by atoms with E-state index < -0.39 is 0 Å². The average Bonchev–Trinajstić information content (AvgIpc) is 3.08. The molecule has 4 rings (SSSR count). The maximum Gasteiger partial charge on any atom is 0.194 e. The number of phenolic OH excluding ortho intramolecular Hbond substituents is 1. The zero-order valence-electron chi connectivity index (χ0n) is 14.2. The van der Waals surface area contributed by atoms with E-state index in [0.717, 1.165) is 22.4 Å². The van der Waals surface area contributed by atoms with Crippen molar-refractivity contribution in [2.24, 2.45) is 5.16 Å². The summed E-state index contributed by atoms with van der Waals surface area (Å²) in [5, 5.41) is 14.7. The summed E-state index contributed by atoms with van der Waals surface area (Å²) in [6, 6.07) is 13.6. The molecule has 0 unspecified atom stereocenters. The minimum absolute atomic E-state index is 0.0453. The average molecular weight is 336 g/mol. The Balaban J connectivity index is 1.89. The van der Waals surface area contributed by atoms with Crippen molar-refractivity contribution >= 4 is 5.71 Å². The lowest BCUT2D eigenvalue weighted by Crippen LogP contribution is -2.44. The Morgan fingerprint density at radius 3 is 2.68 bits per heavy atom. The molecule has 5 heteroatoms. The molecule has 2 aliphatic rings. The van der Waals surface area contributed by atoms with Gasteiger partial charge in [-0.05, 0) is 30.3 Å². The van der Waals surface area contributed by atoms with Gasteiger partial charge in [0, 0.05) is 5.56 Å². The molecule has 0 fully saturated rings. The van der Waals surface area contributed by atoms with Crippen LogP contribution in [0, 0.1) is 0 Å². The quantitative estimate of drug-likeness (QED) is 0.873. The number of phenols is 1. The third kappa shape index (κ3) is 2.31. The fraction of sp³-hybridized carbons (Fsp3) is 0.250. The van der Waals surface area contributed by atoms with Crippen LogP contribution in [-0.4, -0.2) is 36.1 Å². The fourth-order valence-corrected chi connectivity index (χ4v) is 3.78. The molecule has 2 aromatic rings. The minimum Gasteiger partial charge on any atom is -0.504 e. The van der Waals surface area contributed by atoms with Crippen molar-refractivity contribution in [1.29, 1.82) is 0 Å². The number of rotatable bonds is 3. The summed E-state index contributed by atoms with van der Waals surface area (Å²) in [4.78, 5) is 7.88. The van der Waals surface area contributed by atoms with E-state index in [4.69, 9.17) is 9.57 Å². The predicted octanol–water partition coefficient (Wildman–Crippen LogP) is 3.42. The second-order valence-electron chi connectivity index (χ2n) is 6.32. The third-order valence-electron chi connectivity index (χ3n) is 5.01. The lowest BCUT2D eigenvalue weighted by Gasteiger charge is -2.40. The topological polar surface area (TPSA) is 54.3 Å². The van der Waals surface area contributed by atoms with Crippen molar-refractivity contribution in [3.63, 3.8) is 0 Å². The highest BCUT2D eigenvalue weighted by Gasteiger charge is 2.46. The van der Waals surface area contributed by atoms with Crippen molar-refractivity contribution in [1.82, 2.24) is 4.90 Å². The second-order valence-corrected chi connectivity index (χ2v) is 6.32. The van der Waals surface area contributed by atoms with Gasteiger partial charge in [-0.1, -0.05) is 41.6 Å². The zero-order valence-corrected chi connectivity index (χ0v) is 14.2. The number of likely N-dealkylation sites (N-methyl/N-ethyl adjacent to an activating group) is 1. The fourth-order valence-electron chi connectivity index (χ4n) is 3.78. The van der Waals surface area contributed by atoms with Crippen molar-refractivity contribution in [2.75, 3.05) is 14.2 Å². The molecule has 0 aromatic heterocycles. The van der Waals surface area contributed by atoms with Crippen LogP contribution in [0.1, 0.15) is 28.7 Å². The van der Waals surface area contributed by atoms with Crippen LogP contribution < -0.4 is 4.74 Å². The Kier molecular flexibility index (Phi) is 3.73. The van der Waals surface area contributed by atoms with Crippen LogP contribution in [0.15, 0.2) is 60.3 Å². The normalized spacial score (nSPS) is 24.7. The maximum atomic E-state index is 10.3. The van der Waals surface area contributed by atoms with Gasteiger partial charge in [-0.15, -0.1) is 6.58 Å². The van der Waals surface area contributed by atoms with Crippen LogP contribution >= 0.6 is 0 Å². The van der Waals surface area contributed by atoms with E-state index in [1.54, 1.807) is 13.2 Å². The number of ether oxygens (including phenoxy) is 1. The summed E-state index contributed by atoms with van der Waals surface area (Å²) in [6.45, 7) is 3.96. The molecule has 1 N–H and O–H groups in total. The van der Waals surface area contributed by atoms with Gasteiger partial charge >= 0.3 is 0 Å². The first kappa shape index (κ1) is 15.7. The molecule has 0 bridgehead atoms. The Hall–Kier alpha value is -2.79. The molecular weight excluding hydrogens is 316 g/mol. The van der Waals surface area contributed by atoms with Crippen LogP contribution in [0.3, 0.4) is 0 Å². The molecule has 2 aromatic carbocycles. The number of nitrogens with zero attached hydrogens (tertiary/aromatic N) is 2. The smallest absolute Gasteiger partial charge is 0.194 e. The van der Waals surface area contributed by atoms with E-state index in [2.05, 4.69) is 16.6 Å². The Morgan fingerprint density at radius 2 is 2.00 bits per heavy atom. The molecule has 5 nitrogen and oxygen atoms in total. The van der Waals surface area contributed by atoms with Gasteiger partial charge in [0.15, 0.2) is 17.7 Å². The highest BCUT2D eigenvalue weighted by molar-refractivity contribution is 6.06. The van der Waals surface area contributed by atoms with Gasteiger partial charge in [0.05, 0.1) is 24.8 Å². The molecule has 2 aliphatic heterocycles. The second kappa shape index (κ2) is 5.93. The molecule has 0 saturated heterocycles. The van der Waals surface area contributed by atoms with Crippen molar-refractivity contribution in [3.05, 3.63) is 71.8 Å². The van der Waals surface area contributed by atoms with Gasteiger partial charge in [-0.25, -0.2) is 0 Å². The van der Waals surface area contributed by atoms with Crippen molar-refractivity contribution in [2.45, 2.75) is 18.2 Å². The lowest BCUT2D eigenvalue weighted by molar-refractivity contribution is -0.0525. The maximum absolute atomic E-state index is 10.3. The standard InChI is InChI=1S/C20H20N2O3/c1-4-15-13-11-17(24-3)16(23)10-14(13)18-19(12-8-6-5-7-9-12)21-25-20(18)22(15)2/h4-11,15,18,20,23H,1H2,2-3H3/t15-,18+,20-/m1/s1. The lowest BCUT2D eigenvalue weighted by atomic mass is 9.79.